The number of benzene rings is 1. The number of para-hydroxylation sites is 1. The molecule has 2 N–H and O–H groups in total. The van der Waals surface area contributed by atoms with Crippen molar-refractivity contribution >= 4 is 0 Å². The van der Waals surface area contributed by atoms with E-state index in [4.69, 9.17) is 10.5 Å². The van der Waals surface area contributed by atoms with Gasteiger partial charge in [0.2, 0.25) is 0 Å². The van der Waals surface area contributed by atoms with E-state index in [0.717, 1.165) is 17.7 Å². The molecule has 0 fully saturated rings. The Morgan fingerprint density at radius 1 is 1.35 bits per heavy atom. The van der Waals surface area contributed by atoms with Crippen molar-refractivity contribution in [2.24, 2.45) is 5.73 Å². The summed E-state index contributed by atoms with van der Waals surface area (Å²) in [6.07, 6.45) is 0.808. The average Bonchev–Trinajstić information content (AvgIpc) is 2.84. The maximum absolute atomic E-state index is 5.53. The lowest BCUT2D eigenvalue weighted by molar-refractivity contribution is 0.407. The molecule has 0 atom stereocenters. The van der Waals surface area contributed by atoms with Crippen LogP contribution in [0.3, 0.4) is 0 Å². The van der Waals surface area contributed by atoms with Gasteiger partial charge in [-0.25, -0.2) is 4.68 Å². The summed E-state index contributed by atoms with van der Waals surface area (Å²) in [7, 11) is 1.67. The third-order valence-electron chi connectivity index (χ3n) is 2.57. The number of hydrogen-bond acceptors (Lipinski definition) is 5. The number of methoxy groups -OCH3 is 1. The Morgan fingerprint density at radius 2 is 2.18 bits per heavy atom. The van der Waals surface area contributed by atoms with E-state index >= 15 is 0 Å². The quantitative estimate of drug-likeness (QED) is 0.807. The number of hydrogen-bond donors (Lipinski definition) is 1. The van der Waals surface area contributed by atoms with Crippen LogP contribution in [0.25, 0.3) is 0 Å². The van der Waals surface area contributed by atoms with Crippen LogP contribution >= 0.6 is 0 Å². The normalized spacial score (nSPS) is 10.5. The van der Waals surface area contributed by atoms with Crippen molar-refractivity contribution in [3.05, 3.63) is 35.7 Å². The zero-order chi connectivity index (χ0) is 12.1. The van der Waals surface area contributed by atoms with Crippen LogP contribution in [0.5, 0.6) is 5.75 Å². The maximum Gasteiger partial charge on any atom is 0.164 e. The van der Waals surface area contributed by atoms with E-state index in [0.29, 0.717) is 18.9 Å². The summed E-state index contributed by atoms with van der Waals surface area (Å²) in [6.45, 7) is 1.04. The number of aryl methyl sites for hydroxylation is 2. The minimum atomic E-state index is 0.346. The van der Waals surface area contributed by atoms with Crippen LogP contribution in [0.1, 0.15) is 11.4 Å². The van der Waals surface area contributed by atoms with Crippen molar-refractivity contribution < 1.29 is 4.74 Å². The zero-order valence-electron chi connectivity index (χ0n) is 9.71. The molecule has 2 aromatic rings. The van der Waals surface area contributed by atoms with Crippen molar-refractivity contribution in [1.82, 2.24) is 20.2 Å². The summed E-state index contributed by atoms with van der Waals surface area (Å²) in [5.41, 5.74) is 6.66. The highest BCUT2D eigenvalue weighted by Gasteiger charge is 2.06. The molecule has 1 heterocycles. The van der Waals surface area contributed by atoms with Gasteiger partial charge < -0.3 is 10.5 Å². The fourth-order valence-corrected chi connectivity index (χ4v) is 1.68. The highest BCUT2D eigenvalue weighted by atomic mass is 16.5. The maximum atomic E-state index is 5.53. The molecule has 0 bridgehead atoms. The first kappa shape index (κ1) is 11.5. The molecule has 0 aliphatic heterocycles. The Kier molecular flexibility index (Phi) is 3.66. The van der Waals surface area contributed by atoms with Crippen molar-refractivity contribution in [1.29, 1.82) is 0 Å². The Labute approximate surface area is 99.4 Å². The van der Waals surface area contributed by atoms with Gasteiger partial charge in [0.05, 0.1) is 13.7 Å². The van der Waals surface area contributed by atoms with Crippen LogP contribution in [0.2, 0.25) is 0 Å². The summed E-state index contributed by atoms with van der Waals surface area (Å²) >= 11 is 0. The van der Waals surface area contributed by atoms with Gasteiger partial charge in [-0.1, -0.05) is 18.2 Å². The van der Waals surface area contributed by atoms with Crippen LogP contribution in [0.4, 0.5) is 0 Å². The number of rotatable bonds is 5. The number of nitrogens with two attached hydrogens (primary N) is 1. The fraction of sp³-hybridized carbons (Fsp3) is 0.364. The average molecular weight is 233 g/mol. The molecule has 0 unspecified atom stereocenters. The predicted molar refractivity (Wildman–Crippen MR) is 62.4 cm³/mol. The molecule has 6 nitrogen and oxygen atoms in total. The van der Waals surface area contributed by atoms with Crippen LogP contribution in [-0.2, 0) is 19.5 Å². The van der Waals surface area contributed by atoms with Crippen molar-refractivity contribution in [2.45, 2.75) is 19.5 Å². The highest BCUT2D eigenvalue weighted by Crippen LogP contribution is 2.18. The van der Waals surface area contributed by atoms with Gasteiger partial charge in [0.1, 0.15) is 5.75 Å². The lowest BCUT2D eigenvalue weighted by Crippen LogP contribution is -2.11. The van der Waals surface area contributed by atoms with Crippen LogP contribution in [-0.4, -0.2) is 27.3 Å². The third-order valence-corrected chi connectivity index (χ3v) is 2.57. The van der Waals surface area contributed by atoms with Gasteiger partial charge in [-0.05, 0) is 28.5 Å². The van der Waals surface area contributed by atoms with Gasteiger partial charge in [0.15, 0.2) is 5.82 Å². The highest BCUT2D eigenvalue weighted by molar-refractivity contribution is 5.33. The summed E-state index contributed by atoms with van der Waals surface area (Å²) < 4.78 is 7.00. The Balaban J connectivity index is 2.07. The minimum absolute atomic E-state index is 0.346. The van der Waals surface area contributed by atoms with Gasteiger partial charge >= 0.3 is 0 Å². The molecule has 0 aliphatic carbocycles. The summed E-state index contributed by atoms with van der Waals surface area (Å²) in [5.74, 6) is 1.58. The molecule has 0 spiro atoms. The molecule has 0 radical (unpaired) electrons. The first-order valence-electron chi connectivity index (χ1n) is 5.42. The fourth-order valence-electron chi connectivity index (χ4n) is 1.68. The standard InChI is InChI=1S/C11H15N5O/c1-17-10-5-3-2-4-9(10)6-7-16-11(8-12)13-14-15-16/h2-5H,6-8,12H2,1H3. The van der Waals surface area contributed by atoms with Crippen LogP contribution < -0.4 is 10.5 Å². The lowest BCUT2D eigenvalue weighted by atomic mass is 10.1. The molecule has 1 aromatic heterocycles. The van der Waals surface area contributed by atoms with E-state index in [9.17, 15) is 0 Å². The van der Waals surface area contributed by atoms with Crippen molar-refractivity contribution in [3.63, 3.8) is 0 Å². The molecule has 1 aromatic carbocycles. The van der Waals surface area contributed by atoms with Gasteiger partial charge in [0.25, 0.3) is 0 Å². The number of nitrogens with zero attached hydrogens (tertiary/aromatic N) is 4. The zero-order valence-corrected chi connectivity index (χ0v) is 9.71. The van der Waals surface area contributed by atoms with Crippen molar-refractivity contribution in [2.75, 3.05) is 7.11 Å². The second-order valence-electron chi connectivity index (χ2n) is 3.58. The van der Waals surface area contributed by atoms with Crippen LogP contribution in [0.15, 0.2) is 24.3 Å². The Hall–Kier alpha value is -1.95. The van der Waals surface area contributed by atoms with Gasteiger partial charge in [-0.3, -0.25) is 0 Å². The number of aromatic nitrogens is 4. The molecule has 17 heavy (non-hydrogen) atoms. The molecule has 6 heteroatoms. The first-order chi connectivity index (χ1) is 8.35. The predicted octanol–water partition coefficient (Wildman–Crippen LogP) is 0.383. The molecule has 0 saturated carbocycles. The summed E-state index contributed by atoms with van der Waals surface area (Å²) in [5, 5.41) is 11.3. The molecular formula is C11H15N5O. The second-order valence-corrected chi connectivity index (χ2v) is 3.58. The van der Waals surface area contributed by atoms with Crippen LogP contribution in [0, 0.1) is 0 Å². The molecule has 0 aliphatic rings. The molecule has 2 rings (SSSR count). The lowest BCUT2D eigenvalue weighted by Gasteiger charge is -2.08. The van der Waals surface area contributed by atoms with Gasteiger partial charge in [0, 0.05) is 6.54 Å². The van der Waals surface area contributed by atoms with E-state index in [1.54, 1.807) is 11.8 Å². The minimum Gasteiger partial charge on any atom is -0.496 e. The molecule has 0 saturated heterocycles. The molecular weight excluding hydrogens is 218 g/mol. The number of tetrazole rings is 1. The largest absolute Gasteiger partial charge is 0.496 e. The third kappa shape index (κ3) is 2.59. The summed E-state index contributed by atoms with van der Waals surface area (Å²) in [4.78, 5) is 0. The first-order valence-corrected chi connectivity index (χ1v) is 5.42. The van der Waals surface area contributed by atoms with E-state index < -0.39 is 0 Å². The number of ether oxygens (including phenoxy) is 1. The Morgan fingerprint density at radius 3 is 2.94 bits per heavy atom. The molecule has 90 valence electrons. The van der Waals surface area contributed by atoms with Crippen molar-refractivity contribution in [3.8, 4) is 5.75 Å². The Bertz CT molecular complexity index is 482. The van der Waals surface area contributed by atoms with Gasteiger partial charge in [-0.2, -0.15) is 0 Å². The van der Waals surface area contributed by atoms with E-state index in [-0.39, 0.29) is 0 Å². The summed E-state index contributed by atoms with van der Waals surface area (Å²) in [6, 6.07) is 7.91. The smallest absolute Gasteiger partial charge is 0.164 e. The topological polar surface area (TPSA) is 78.8 Å². The van der Waals surface area contributed by atoms with E-state index in [1.165, 1.54) is 0 Å². The van der Waals surface area contributed by atoms with E-state index in [1.807, 2.05) is 24.3 Å². The van der Waals surface area contributed by atoms with E-state index in [2.05, 4.69) is 15.5 Å². The van der Waals surface area contributed by atoms with Gasteiger partial charge in [-0.15, -0.1) is 5.10 Å². The SMILES string of the molecule is COc1ccccc1CCn1nnnc1CN. The monoisotopic (exact) mass is 233 g/mol. The second kappa shape index (κ2) is 5.40. The molecule has 0 amide bonds.